The number of sulfone groups is 1. The van der Waals surface area contributed by atoms with Gasteiger partial charge in [-0.15, -0.1) is 12.4 Å². The molecule has 39 heavy (non-hydrogen) atoms. The molecule has 3 aromatic rings. The van der Waals surface area contributed by atoms with Gasteiger partial charge < -0.3 is 26.6 Å². The first-order chi connectivity index (χ1) is 18.1. The van der Waals surface area contributed by atoms with Crippen LogP contribution in [0, 0.1) is 0 Å². The summed E-state index contributed by atoms with van der Waals surface area (Å²) < 4.78 is 31.7. The van der Waals surface area contributed by atoms with Crippen LogP contribution in [0.5, 0.6) is 5.75 Å². The van der Waals surface area contributed by atoms with E-state index in [2.05, 4.69) is 15.6 Å². The Bertz CT molecular complexity index is 1490. The van der Waals surface area contributed by atoms with Crippen molar-refractivity contribution in [3.63, 3.8) is 0 Å². The summed E-state index contributed by atoms with van der Waals surface area (Å²) >= 11 is 0. The topological polar surface area (TPSA) is 208 Å². The van der Waals surface area contributed by atoms with Crippen LogP contribution >= 0.6 is 12.4 Å². The molecule has 1 atom stereocenters. The standard InChI is InChI=1S/C24H28N6O7S.ClH/c25-24(26)27-9-4-10-37-18-8-7-17-11-16(12-21(31)30(17)14-18)22(32)28-13-20(23(33)34)29-15-38(35,36)19-5-2-1-3-6-19;/h1-3,5-8,11-12,14,20,29H,4,9-10,13,15H2,(H,28,32)(H,33,34)(H4,25,26,27);1H. The molecular formula is C24H29ClN6O7S. The quantitative estimate of drug-likeness (QED) is 0.103. The fourth-order valence-electron chi connectivity index (χ4n) is 3.35. The number of halogens is 1. The molecule has 15 heteroatoms. The Balaban J connectivity index is 0.00000533. The number of hydrogen-bond donors (Lipinski definition) is 5. The minimum absolute atomic E-state index is 0. The number of hydrogen-bond acceptors (Lipinski definition) is 8. The minimum atomic E-state index is -3.78. The van der Waals surface area contributed by atoms with Gasteiger partial charge in [0.05, 0.1) is 17.7 Å². The number of benzene rings is 1. The molecule has 13 nitrogen and oxygen atoms in total. The summed E-state index contributed by atoms with van der Waals surface area (Å²) in [6.45, 7) is 0.308. The van der Waals surface area contributed by atoms with Gasteiger partial charge in [0.1, 0.15) is 17.7 Å². The maximum Gasteiger partial charge on any atom is 0.322 e. The van der Waals surface area contributed by atoms with Crippen LogP contribution in [0.15, 0.2) is 75.5 Å². The van der Waals surface area contributed by atoms with Gasteiger partial charge in [0, 0.05) is 36.7 Å². The summed E-state index contributed by atoms with van der Waals surface area (Å²) in [7, 11) is -3.78. The Morgan fingerprint density at radius 1 is 1.10 bits per heavy atom. The largest absolute Gasteiger partial charge is 0.492 e. The van der Waals surface area contributed by atoms with Gasteiger partial charge in [0.15, 0.2) is 15.8 Å². The fourth-order valence-corrected chi connectivity index (χ4v) is 4.51. The second-order valence-electron chi connectivity index (χ2n) is 8.13. The number of carbonyl (C=O) groups excluding carboxylic acids is 1. The van der Waals surface area contributed by atoms with Gasteiger partial charge in [0.25, 0.3) is 11.5 Å². The molecule has 1 amide bonds. The van der Waals surface area contributed by atoms with Crippen LogP contribution in [0.1, 0.15) is 16.8 Å². The zero-order valence-electron chi connectivity index (χ0n) is 20.6. The number of carboxylic acid groups (broad SMARTS) is 1. The Labute approximate surface area is 230 Å². The Kier molecular flexibility index (Phi) is 11.3. The van der Waals surface area contributed by atoms with Crippen LogP contribution < -0.4 is 32.4 Å². The zero-order valence-corrected chi connectivity index (χ0v) is 22.3. The number of pyridine rings is 2. The van der Waals surface area contributed by atoms with Crippen molar-refractivity contribution in [2.24, 2.45) is 16.5 Å². The number of carboxylic acids is 1. The Morgan fingerprint density at radius 2 is 1.82 bits per heavy atom. The number of aromatic nitrogens is 1. The summed E-state index contributed by atoms with van der Waals surface area (Å²) in [4.78, 5) is 40.8. The lowest BCUT2D eigenvalue weighted by molar-refractivity contribution is -0.139. The molecule has 0 spiro atoms. The third-order valence-corrected chi connectivity index (χ3v) is 6.82. The number of carbonyl (C=O) groups is 2. The highest BCUT2D eigenvalue weighted by Crippen LogP contribution is 2.14. The number of nitrogens with zero attached hydrogens (tertiary/aromatic N) is 2. The molecule has 0 radical (unpaired) electrons. The number of guanidine groups is 1. The predicted octanol–water partition coefficient (Wildman–Crippen LogP) is -0.0324. The first-order valence-electron chi connectivity index (χ1n) is 11.4. The third-order valence-electron chi connectivity index (χ3n) is 5.29. The highest BCUT2D eigenvalue weighted by atomic mass is 35.5. The average Bonchev–Trinajstić information content (AvgIpc) is 2.88. The molecule has 0 fully saturated rings. The first kappa shape index (κ1) is 31.1. The third kappa shape index (κ3) is 8.98. The summed E-state index contributed by atoms with van der Waals surface area (Å²) in [5.74, 6) is -2.25. The number of ether oxygens (including phenoxy) is 1. The molecule has 0 saturated carbocycles. The van der Waals surface area contributed by atoms with Gasteiger partial charge in [-0.3, -0.25) is 29.1 Å². The van der Waals surface area contributed by atoms with Gasteiger partial charge in [-0.25, -0.2) is 8.42 Å². The van der Waals surface area contributed by atoms with E-state index in [0.29, 0.717) is 30.8 Å². The second-order valence-corrected chi connectivity index (χ2v) is 10.1. The lowest BCUT2D eigenvalue weighted by atomic mass is 10.2. The number of rotatable bonds is 13. The van der Waals surface area contributed by atoms with Crippen LogP contribution in [0.3, 0.4) is 0 Å². The molecule has 0 aliphatic rings. The van der Waals surface area contributed by atoms with Crippen molar-refractivity contribution < 1.29 is 27.9 Å². The Hall–Kier alpha value is -4.14. The highest BCUT2D eigenvalue weighted by molar-refractivity contribution is 7.91. The van der Waals surface area contributed by atoms with Gasteiger partial charge in [-0.05, 0) is 30.3 Å². The van der Waals surface area contributed by atoms with E-state index in [1.807, 2.05) is 0 Å². The van der Waals surface area contributed by atoms with E-state index in [1.54, 1.807) is 30.3 Å². The van der Waals surface area contributed by atoms with E-state index in [4.69, 9.17) is 16.2 Å². The van der Waals surface area contributed by atoms with Gasteiger partial charge in [-0.1, -0.05) is 18.2 Å². The van der Waals surface area contributed by atoms with Crippen molar-refractivity contribution in [2.75, 3.05) is 25.6 Å². The molecule has 0 aliphatic heterocycles. The molecule has 3 rings (SSSR count). The molecule has 0 saturated heterocycles. The monoisotopic (exact) mass is 580 g/mol. The molecule has 1 unspecified atom stereocenters. The van der Waals surface area contributed by atoms with E-state index in [1.165, 1.54) is 28.8 Å². The van der Waals surface area contributed by atoms with Crippen molar-refractivity contribution in [1.29, 1.82) is 0 Å². The van der Waals surface area contributed by atoms with Crippen LogP contribution in [0.2, 0.25) is 0 Å². The summed E-state index contributed by atoms with van der Waals surface area (Å²) in [6.07, 6.45) is 2.05. The predicted molar refractivity (Wildman–Crippen MR) is 147 cm³/mol. The molecule has 210 valence electrons. The van der Waals surface area contributed by atoms with Crippen LogP contribution in [-0.2, 0) is 14.6 Å². The molecule has 7 N–H and O–H groups in total. The second kappa shape index (κ2) is 14.1. The minimum Gasteiger partial charge on any atom is -0.492 e. The zero-order chi connectivity index (χ0) is 27.7. The van der Waals surface area contributed by atoms with E-state index in [-0.39, 0.29) is 28.8 Å². The molecule has 1 aromatic carbocycles. The Morgan fingerprint density at radius 3 is 2.49 bits per heavy atom. The number of amides is 1. The van der Waals surface area contributed by atoms with Gasteiger partial charge >= 0.3 is 5.97 Å². The van der Waals surface area contributed by atoms with Gasteiger partial charge in [0.2, 0.25) is 0 Å². The van der Waals surface area contributed by atoms with E-state index >= 15 is 0 Å². The number of aliphatic carboxylic acids is 1. The number of nitrogens with one attached hydrogen (secondary N) is 2. The fraction of sp³-hybridized carbons (Fsp3) is 0.250. The van der Waals surface area contributed by atoms with E-state index < -0.39 is 45.7 Å². The number of aliphatic imine (C=N–C) groups is 1. The average molecular weight is 581 g/mol. The van der Waals surface area contributed by atoms with Crippen molar-refractivity contribution in [1.82, 2.24) is 15.0 Å². The number of fused-ring (bicyclic) bond motifs is 1. The number of nitrogens with two attached hydrogens (primary N) is 2. The lowest BCUT2D eigenvalue weighted by Crippen LogP contribution is -2.47. The first-order valence-corrected chi connectivity index (χ1v) is 13.1. The molecule has 0 bridgehead atoms. The summed E-state index contributed by atoms with van der Waals surface area (Å²) in [5, 5.41) is 14.3. The summed E-state index contributed by atoms with van der Waals surface area (Å²) in [5.41, 5.74) is 10.5. The molecule has 2 aromatic heterocycles. The maximum atomic E-state index is 12.7. The van der Waals surface area contributed by atoms with Gasteiger partial charge in [-0.2, -0.15) is 0 Å². The maximum absolute atomic E-state index is 12.7. The molecule has 2 heterocycles. The van der Waals surface area contributed by atoms with Crippen molar-refractivity contribution in [3.8, 4) is 5.75 Å². The smallest absolute Gasteiger partial charge is 0.322 e. The van der Waals surface area contributed by atoms with Crippen LogP contribution in [0.4, 0.5) is 0 Å². The highest BCUT2D eigenvalue weighted by Gasteiger charge is 2.22. The molecule has 0 aliphatic carbocycles. The van der Waals surface area contributed by atoms with Crippen molar-refractivity contribution >= 4 is 45.6 Å². The van der Waals surface area contributed by atoms with Crippen LogP contribution in [0.25, 0.3) is 5.52 Å². The SMILES string of the molecule is Cl.NC(N)=NCCCOc1ccc2cc(C(=O)NCC(NCS(=O)(=O)c3ccccc3)C(=O)O)cc(=O)n2c1. The lowest BCUT2D eigenvalue weighted by Gasteiger charge is -2.16. The van der Waals surface area contributed by atoms with Crippen molar-refractivity contribution in [3.05, 3.63) is 76.7 Å². The van der Waals surface area contributed by atoms with Crippen molar-refractivity contribution in [2.45, 2.75) is 17.4 Å². The van der Waals surface area contributed by atoms with E-state index in [9.17, 15) is 27.9 Å². The summed E-state index contributed by atoms with van der Waals surface area (Å²) in [6, 6.07) is 12.0. The van der Waals surface area contributed by atoms with Crippen LogP contribution in [-0.4, -0.2) is 67.4 Å². The molecular weight excluding hydrogens is 552 g/mol. The van der Waals surface area contributed by atoms with E-state index in [0.717, 1.165) is 6.07 Å². The normalized spacial score (nSPS) is 11.7.